The number of rotatable bonds is 6. The van der Waals surface area contributed by atoms with Crippen LogP contribution in [-0.2, 0) is 0 Å². The standard InChI is InChI=1S/C14H29NO/c1-12-5-4-6-13(9-12)10-15-11-14(2,3)7-8-16/h12-13,15-16H,4-11H2,1-3H3. The fourth-order valence-corrected chi connectivity index (χ4v) is 2.75. The number of aliphatic hydroxyl groups excluding tert-OH is 1. The Morgan fingerprint density at radius 2 is 2.06 bits per heavy atom. The molecule has 2 atom stereocenters. The zero-order valence-electron chi connectivity index (χ0n) is 11.3. The molecule has 1 aliphatic carbocycles. The first-order valence-corrected chi connectivity index (χ1v) is 6.85. The zero-order valence-corrected chi connectivity index (χ0v) is 11.3. The van der Waals surface area contributed by atoms with Crippen molar-refractivity contribution in [3.05, 3.63) is 0 Å². The van der Waals surface area contributed by atoms with E-state index in [2.05, 4.69) is 26.1 Å². The maximum absolute atomic E-state index is 8.96. The van der Waals surface area contributed by atoms with Crippen LogP contribution in [0.15, 0.2) is 0 Å². The predicted molar refractivity (Wildman–Crippen MR) is 69.5 cm³/mol. The first-order chi connectivity index (χ1) is 7.53. The van der Waals surface area contributed by atoms with Crippen molar-refractivity contribution >= 4 is 0 Å². The van der Waals surface area contributed by atoms with Crippen molar-refractivity contribution in [1.82, 2.24) is 5.32 Å². The van der Waals surface area contributed by atoms with E-state index in [1.165, 1.54) is 32.2 Å². The SMILES string of the molecule is CC1CCCC(CNCC(C)(C)CCO)C1. The third-order valence-electron chi connectivity index (χ3n) is 3.87. The fraction of sp³-hybridized carbons (Fsp3) is 1.00. The van der Waals surface area contributed by atoms with E-state index in [0.29, 0.717) is 6.61 Å². The highest BCUT2D eigenvalue weighted by Crippen LogP contribution is 2.28. The Hall–Kier alpha value is -0.0800. The third-order valence-corrected chi connectivity index (χ3v) is 3.87. The molecule has 1 aliphatic rings. The van der Waals surface area contributed by atoms with Crippen LogP contribution >= 0.6 is 0 Å². The average molecular weight is 227 g/mol. The molecule has 0 saturated heterocycles. The first-order valence-electron chi connectivity index (χ1n) is 6.85. The maximum atomic E-state index is 8.96. The largest absolute Gasteiger partial charge is 0.396 e. The summed E-state index contributed by atoms with van der Waals surface area (Å²) >= 11 is 0. The molecular formula is C14H29NO. The summed E-state index contributed by atoms with van der Waals surface area (Å²) in [7, 11) is 0. The lowest BCUT2D eigenvalue weighted by molar-refractivity contribution is 0.200. The summed E-state index contributed by atoms with van der Waals surface area (Å²) in [6.07, 6.45) is 6.52. The van der Waals surface area contributed by atoms with Crippen LogP contribution in [-0.4, -0.2) is 24.8 Å². The van der Waals surface area contributed by atoms with E-state index in [9.17, 15) is 0 Å². The van der Waals surface area contributed by atoms with E-state index in [0.717, 1.165) is 24.8 Å². The van der Waals surface area contributed by atoms with Crippen LogP contribution in [0.3, 0.4) is 0 Å². The second-order valence-electron chi connectivity index (χ2n) is 6.41. The van der Waals surface area contributed by atoms with Gasteiger partial charge in [0.15, 0.2) is 0 Å². The van der Waals surface area contributed by atoms with Gasteiger partial charge in [0, 0.05) is 13.2 Å². The molecule has 0 aromatic rings. The molecule has 0 heterocycles. The molecule has 0 aromatic heterocycles. The molecule has 0 aliphatic heterocycles. The lowest BCUT2D eigenvalue weighted by Gasteiger charge is -2.29. The molecule has 16 heavy (non-hydrogen) atoms. The summed E-state index contributed by atoms with van der Waals surface area (Å²) in [4.78, 5) is 0. The van der Waals surface area contributed by atoms with Crippen LogP contribution in [0.1, 0.15) is 52.9 Å². The summed E-state index contributed by atoms with van der Waals surface area (Å²) in [6.45, 7) is 9.31. The molecule has 0 aromatic carbocycles. The molecular weight excluding hydrogens is 198 g/mol. The van der Waals surface area contributed by atoms with E-state index >= 15 is 0 Å². The van der Waals surface area contributed by atoms with Gasteiger partial charge in [-0.1, -0.05) is 33.6 Å². The van der Waals surface area contributed by atoms with Gasteiger partial charge >= 0.3 is 0 Å². The van der Waals surface area contributed by atoms with E-state index in [1.807, 2.05) is 0 Å². The molecule has 1 rings (SSSR count). The van der Waals surface area contributed by atoms with Gasteiger partial charge in [0.1, 0.15) is 0 Å². The van der Waals surface area contributed by atoms with Crippen molar-refractivity contribution in [1.29, 1.82) is 0 Å². The van der Waals surface area contributed by atoms with Gasteiger partial charge in [-0.15, -0.1) is 0 Å². The van der Waals surface area contributed by atoms with Crippen molar-refractivity contribution < 1.29 is 5.11 Å². The van der Waals surface area contributed by atoms with E-state index in [-0.39, 0.29) is 5.41 Å². The molecule has 0 spiro atoms. The number of hydrogen-bond acceptors (Lipinski definition) is 2. The topological polar surface area (TPSA) is 32.3 Å². The Morgan fingerprint density at radius 3 is 2.69 bits per heavy atom. The van der Waals surface area contributed by atoms with Gasteiger partial charge in [0.05, 0.1) is 0 Å². The Kier molecular flexibility index (Phi) is 5.77. The van der Waals surface area contributed by atoms with Crippen molar-refractivity contribution in [2.75, 3.05) is 19.7 Å². The van der Waals surface area contributed by atoms with Gasteiger partial charge in [-0.05, 0) is 43.1 Å². The Bertz CT molecular complexity index is 191. The van der Waals surface area contributed by atoms with Crippen molar-refractivity contribution in [3.8, 4) is 0 Å². The second kappa shape index (κ2) is 6.61. The van der Waals surface area contributed by atoms with E-state index in [1.54, 1.807) is 0 Å². The highest BCUT2D eigenvalue weighted by molar-refractivity contribution is 4.75. The number of hydrogen-bond donors (Lipinski definition) is 2. The summed E-state index contributed by atoms with van der Waals surface area (Å²) in [6, 6.07) is 0. The predicted octanol–water partition coefficient (Wildman–Crippen LogP) is 2.81. The van der Waals surface area contributed by atoms with Gasteiger partial charge in [0.25, 0.3) is 0 Å². The average Bonchev–Trinajstić information content (AvgIpc) is 2.17. The minimum atomic E-state index is 0.231. The molecule has 2 unspecified atom stereocenters. The lowest BCUT2D eigenvalue weighted by Crippen LogP contribution is -2.34. The second-order valence-corrected chi connectivity index (χ2v) is 6.41. The van der Waals surface area contributed by atoms with Gasteiger partial charge in [-0.3, -0.25) is 0 Å². The number of nitrogens with one attached hydrogen (secondary N) is 1. The molecule has 1 saturated carbocycles. The summed E-state index contributed by atoms with van der Waals surface area (Å²) in [5.74, 6) is 1.81. The Balaban J connectivity index is 2.14. The molecule has 0 radical (unpaired) electrons. The molecule has 96 valence electrons. The zero-order chi connectivity index (χ0) is 12.0. The van der Waals surface area contributed by atoms with Crippen LogP contribution in [0, 0.1) is 17.3 Å². The summed E-state index contributed by atoms with van der Waals surface area (Å²) in [5.41, 5.74) is 0.231. The van der Waals surface area contributed by atoms with Gasteiger partial charge < -0.3 is 10.4 Å². The quantitative estimate of drug-likeness (QED) is 0.731. The highest BCUT2D eigenvalue weighted by Gasteiger charge is 2.20. The van der Waals surface area contributed by atoms with Gasteiger partial charge in [-0.2, -0.15) is 0 Å². The smallest absolute Gasteiger partial charge is 0.0436 e. The van der Waals surface area contributed by atoms with Crippen molar-refractivity contribution in [2.24, 2.45) is 17.3 Å². The van der Waals surface area contributed by atoms with Crippen LogP contribution in [0.2, 0.25) is 0 Å². The van der Waals surface area contributed by atoms with Gasteiger partial charge in [0.2, 0.25) is 0 Å². The van der Waals surface area contributed by atoms with Crippen LogP contribution < -0.4 is 5.32 Å². The van der Waals surface area contributed by atoms with E-state index < -0.39 is 0 Å². The maximum Gasteiger partial charge on any atom is 0.0436 e. The van der Waals surface area contributed by atoms with Crippen LogP contribution in [0.25, 0.3) is 0 Å². The highest BCUT2D eigenvalue weighted by atomic mass is 16.3. The molecule has 0 amide bonds. The van der Waals surface area contributed by atoms with Crippen LogP contribution in [0.4, 0.5) is 0 Å². The molecule has 1 fully saturated rings. The summed E-state index contributed by atoms with van der Waals surface area (Å²) in [5, 5.41) is 12.5. The minimum Gasteiger partial charge on any atom is -0.396 e. The van der Waals surface area contributed by atoms with Crippen LogP contribution in [0.5, 0.6) is 0 Å². The van der Waals surface area contributed by atoms with E-state index in [4.69, 9.17) is 5.11 Å². The molecule has 2 heteroatoms. The fourth-order valence-electron chi connectivity index (χ4n) is 2.75. The Morgan fingerprint density at radius 1 is 1.31 bits per heavy atom. The molecule has 2 N–H and O–H groups in total. The lowest BCUT2D eigenvalue weighted by atomic mass is 9.82. The third kappa shape index (κ3) is 5.31. The number of aliphatic hydroxyl groups is 1. The molecule has 2 nitrogen and oxygen atoms in total. The first kappa shape index (κ1) is 14.0. The normalized spacial score (nSPS) is 27.0. The monoisotopic (exact) mass is 227 g/mol. The Labute approximate surface area is 101 Å². The van der Waals surface area contributed by atoms with Crippen molar-refractivity contribution in [3.63, 3.8) is 0 Å². The van der Waals surface area contributed by atoms with Gasteiger partial charge in [-0.25, -0.2) is 0 Å². The van der Waals surface area contributed by atoms with Crippen molar-refractivity contribution in [2.45, 2.75) is 52.9 Å². The molecule has 0 bridgehead atoms. The minimum absolute atomic E-state index is 0.231. The summed E-state index contributed by atoms with van der Waals surface area (Å²) < 4.78 is 0.